The second-order valence-electron chi connectivity index (χ2n) is 1.07. The van der Waals surface area contributed by atoms with Gasteiger partial charge < -0.3 is 20.8 Å². The van der Waals surface area contributed by atoms with Gasteiger partial charge in [0.15, 0.2) is 0 Å². The number of hydrogen-bond acceptors (Lipinski definition) is 4. The van der Waals surface area contributed by atoms with Crippen molar-refractivity contribution in [3.05, 3.63) is 6.92 Å². The molecule has 0 saturated carbocycles. The maximum atomic E-state index is 10.3. The Morgan fingerprint density at radius 3 is 2.40 bits per heavy atom. The first-order valence-electron chi connectivity index (χ1n) is 2.10. The molecule has 0 rings (SSSR count). The van der Waals surface area contributed by atoms with Crippen molar-refractivity contribution in [2.75, 3.05) is 7.05 Å². The molecule has 0 aromatic rings. The average Bonchev–Trinajstić information content (AvgIpc) is 1.82. The number of rotatable bonds is 3. The zero-order chi connectivity index (χ0) is 7.28. The maximum absolute atomic E-state index is 10.3. The molecule has 0 fully saturated rings. The summed E-state index contributed by atoms with van der Waals surface area (Å²) in [6, 6.07) is 0. The van der Waals surface area contributed by atoms with Crippen LogP contribution in [0.5, 0.6) is 0 Å². The van der Waals surface area contributed by atoms with Crippen molar-refractivity contribution in [3.8, 4) is 0 Å². The van der Waals surface area contributed by atoms with E-state index in [4.69, 9.17) is 0 Å². The van der Waals surface area contributed by atoms with Gasteiger partial charge in [-0.3, -0.25) is 4.72 Å². The molecule has 2 amide bonds. The minimum atomic E-state index is -0.593. The predicted octanol–water partition coefficient (Wildman–Crippen LogP) is -0.504. The number of hydrogen-bond donors (Lipinski definition) is 1. The van der Waals surface area contributed by atoms with Crippen LogP contribution < -0.4 is 4.72 Å². The van der Waals surface area contributed by atoms with E-state index in [2.05, 4.69) is 11.6 Å². The Morgan fingerprint density at radius 1 is 1.80 bits per heavy atom. The molecule has 0 aromatic carbocycles. The van der Waals surface area contributed by atoms with Gasteiger partial charge in [0.25, 0.3) is 0 Å². The summed E-state index contributed by atoms with van der Waals surface area (Å²) in [4.78, 5) is 20.1. The SMILES string of the molecule is [CH2-]C(=O)N([C-]=O)SNC.[Y]. The molecule has 0 aromatic heterocycles. The second-order valence-corrected chi connectivity index (χ2v) is 2.03. The molecule has 4 nitrogen and oxygen atoms in total. The van der Waals surface area contributed by atoms with E-state index in [0.717, 1.165) is 16.4 Å². The predicted molar refractivity (Wildman–Crippen MR) is 34.5 cm³/mol. The summed E-state index contributed by atoms with van der Waals surface area (Å²) < 4.78 is 3.24. The maximum Gasteiger partial charge on any atom is 0.0838 e. The van der Waals surface area contributed by atoms with E-state index in [1.807, 2.05) is 0 Å². The number of amides is 2. The molecule has 1 radical (unpaired) electrons. The van der Waals surface area contributed by atoms with Gasteiger partial charge in [-0.2, -0.15) is 0 Å². The Kier molecular flexibility index (Phi) is 9.82. The number of nitrogens with one attached hydrogen (secondary N) is 1. The van der Waals surface area contributed by atoms with Crippen LogP contribution in [0, 0.1) is 6.92 Å². The summed E-state index contributed by atoms with van der Waals surface area (Å²) >= 11 is 0.832. The Hall–Kier alpha value is 0.424. The minimum absolute atomic E-state index is 0. The van der Waals surface area contributed by atoms with Crippen molar-refractivity contribution in [1.29, 1.82) is 0 Å². The minimum Gasteiger partial charge on any atom is -0.422 e. The molecule has 0 spiro atoms. The molecule has 0 saturated heterocycles. The summed E-state index contributed by atoms with van der Waals surface area (Å²) in [5.74, 6) is -0.593. The third kappa shape index (κ3) is 5.23. The van der Waals surface area contributed by atoms with Crippen molar-refractivity contribution in [1.82, 2.24) is 9.03 Å². The van der Waals surface area contributed by atoms with Gasteiger partial charge >= 0.3 is 0 Å². The fourth-order valence-corrected chi connectivity index (χ4v) is 0.533. The molecular formula is C4H6N2O2SY-2. The Morgan fingerprint density at radius 2 is 2.30 bits per heavy atom. The van der Waals surface area contributed by atoms with E-state index in [-0.39, 0.29) is 32.7 Å². The largest absolute Gasteiger partial charge is 0.422 e. The van der Waals surface area contributed by atoms with Gasteiger partial charge in [-0.1, -0.05) is 5.91 Å². The average molecular weight is 235 g/mol. The third-order valence-electron chi connectivity index (χ3n) is 0.492. The van der Waals surface area contributed by atoms with Gasteiger partial charge in [-0.05, 0) is 7.05 Å². The zero-order valence-electron chi connectivity index (χ0n) is 5.46. The molecule has 0 aliphatic heterocycles. The molecule has 55 valence electrons. The van der Waals surface area contributed by atoms with Crippen LogP contribution in [0.15, 0.2) is 0 Å². The van der Waals surface area contributed by atoms with Crippen LogP contribution in [0.1, 0.15) is 0 Å². The van der Waals surface area contributed by atoms with Crippen LogP contribution in [0.3, 0.4) is 0 Å². The van der Waals surface area contributed by atoms with E-state index in [0.29, 0.717) is 0 Å². The quantitative estimate of drug-likeness (QED) is 0.407. The fourth-order valence-electron chi connectivity index (χ4n) is 0.212. The van der Waals surface area contributed by atoms with Crippen LogP contribution >= 0.6 is 12.1 Å². The molecule has 0 bridgehead atoms. The Labute approximate surface area is 89.2 Å². The number of imide groups is 1. The monoisotopic (exact) mass is 235 g/mol. The first kappa shape index (κ1) is 13.0. The van der Waals surface area contributed by atoms with Gasteiger partial charge in [-0.25, -0.2) is 0 Å². The van der Waals surface area contributed by atoms with Gasteiger partial charge in [0.05, 0.1) is 6.41 Å². The van der Waals surface area contributed by atoms with Gasteiger partial charge in [-0.15, -0.1) is 0 Å². The van der Waals surface area contributed by atoms with Crippen LogP contribution in [-0.2, 0) is 42.3 Å². The van der Waals surface area contributed by atoms with Crippen molar-refractivity contribution in [2.24, 2.45) is 0 Å². The number of carbonyl (C=O) groups is 1. The molecule has 1 N–H and O–H groups in total. The van der Waals surface area contributed by atoms with Crippen molar-refractivity contribution in [2.45, 2.75) is 0 Å². The molecule has 0 atom stereocenters. The summed E-state index contributed by atoms with van der Waals surface area (Å²) in [5, 5.41) is 0. The summed E-state index contributed by atoms with van der Waals surface area (Å²) in [6.45, 7) is 2.99. The Bertz CT molecular complexity index is 122. The van der Waals surface area contributed by atoms with Crippen LogP contribution in [0.4, 0.5) is 0 Å². The third-order valence-corrected chi connectivity index (χ3v) is 1.14. The molecular weight excluding hydrogens is 229 g/mol. The van der Waals surface area contributed by atoms with Crippen molar-refractivity contribution < 1.29 is 42.3 Å². The van der Waals surface area contributed by atoms with Gasteiger partial charge in [0.1, 0.15) is 0 Å². The van der Waals surface area contributed by atoms with E-state index >= 15 is 0 Å². The molecule has 0 aliphatic rings. The van der Waals surface area contributed by atoms with Crippen molar-refractivity contribution in [3.63, 3.8) is 0 Å². The smallest absolute Gasteiger partial charge is 0.0838 e. The normalized spacial score (nSPS) is 7.70. The summed E-state index contributed by atoms with van der Waals surface area (Å²) in [6.07, 6.45) is 1.37. The molecule has 0 heterocycles. The molecule has 0 aliphatic carbocycles. The topological polar surface area (TPSA) is 49.4 Å². The van der Waals surface area contributed by atoms with Gasteiger partial charge in [0.2, 0.25) is 0 Å². The van der Waals surface area contributed by atoms with Crippen LogP contribution in [0.2, 0.25) is 0 Å². The fraction of sp³-hybridized carbons (Fsp3) is 0.250. The first-order chi connectivity index (χ1) is 4.22. The molecule has 6 heteroatoms. The summed E-state index contributed by atoms with van der Waals surface area (Å²) in [5.41, 5.74) is 0. The van der Waals surface area contributed by atoms with E-state index in [9.17, 15) is 9.59 Å². The van der Waals surface area contributed by atoms with E-state index in [1.54, 1.807) is 7.05 Å². The van der Waals surface area contributed by atoms with Crippen LogP contribution in [-0.4, -0.2) is 23.7 Å². The standard InChI is InChI=1S/C4H6N2O2S.Y/c1-4(8)6(3-7)9-5-2;/h5H,1H2,2H3;/q-2;. The molecule has 0 unspecified atom stereocenters. The number of carbonyl (C=O) groups excluding carboxylic acids is 2. The first-order valence-corrected chi connectivity index (χ1v) is 2.87. The van der Waals surface area contributed by atoms with E-state index in [1.165, 1.54) is 6.41 Å². The van der Waals surface area contributed by atoms with Crippen LogP contribution in [0.25, 0.3) is 0 Å². The van der Waals surface area contributed by atoms with Crippen molar-refractivity contribution >= 4 is 24.5 Å². The zero-order valence-corrected chi connectivity index (χ0v) is 9.11. The molecule has 10 heavy (non-hydrogen) atoms. The van der Waals surface area contributed by atoms with E-state index < -0.39 is 5.91 Å². The Balaban J connectivity index is 0. The van der Waals surface area contributed by atoms with Gasteiger partial charge in [0, 0.05) is 44.8 Å². The number of nitrogens with zero attached hydrogens (tertiary/aromatic N) is 1. The summed E-state index contributed by atoms with van der Waals surface area (Å²) in [7, 11) is 1.58. The second kappa shape index (κ2) is 7.53.